The fraction of sp³-hybridized carbons (Fsp3) is 0.615. The average molecular weight is 330 g/mol. The standard InChI is InChI=1S/C13H17F3N6O/c1-8(13(14,15)16)21-3-5-22(6-4-21)12-18-10-9(11(23)19-12)7-17-20(10)2/h7-8H,3-6H2,1-2H3,(H,18,19,23). The minimum absolute atomic E-state index is 0.258. The number of nitrogens with zero attached hydrogens (tertiary/aromatic N) is 5. The third-order valence-corrected chi connectivity index (χ3v) is 4.22. The van der Waals surface area contributed by atoms with Gasteiger partial charge in [-0.2, -0.15) is 23.3 Å². The third-order valence-electron chi connectivity index (χ3n) is 4.22. The highest BCUT2D eigenvalue weighted by molar-refractivity contribution is 5.74. The highest BCUT2D eigenvalue weighted by Crippen LogP contribution is 2.25. The summed E-state index contributed by atoms with van der Waals surface area (Å²) in [4.78, 5) is 22.2. The number of anilines is 1. The lowest BCUT2D eigenvalue weighted by molar-refractivity contribution is -0.179. The van der Waals surface area contributed by atoms with Gasteiger partial charge in [0.2, 0.25) is 5.95 Å². The Hall–Kier alpha value is -2.10. The second-order valence-corrected chi connectivity index (χ2v) is 5.64. The molecule has 1 aliphatic rings. The normalized spacial score (nSPS) is 18.6. The van der Waals surface area contributed by atoms with Crippen molar-refractivity contribution >= 4 is 17.0 Å². The molecule has 3 rings (SSSR count). The molecule has 0 bridgehead atoms. The van der Waals surface area contributed by atoms with Gasteiger partial charge in [0, 0.05) is 33.2 Å². The SMILES string of the molecule is CC(N1CCN(c2nc3c(cnn3C)c(=O)[nH]2)CC1)C(F)(F)F. The minimum atomic E-state index is -4.23. The first-order valence-corrected chi connectivity index (χ1v) is 7.25. The first-order valence-electron chi connectivity index (χ1n) is 7.25. The predicted octanol–water partition coefficient (Wildman–Crippen LogP) is 0.729. The zero-order chi connectivity index (χ0) is 16.8. The topological polar surface area (TPSA) is 70.1 Å². The zero-order valence-corrected chi connectivity index (χ0v) is 12.8. The monoisotopic (exact) mass is 330 g/mol. The van der Waals surface area contributed by atoms with Gasteiger partial charge in [-0.05, 0) is 6.92 Å². The highest BCUT2D eigenvalue weighted by Gasteiger charge is 2.41. The van der Waals surface area contributed by atoms with Crippen LogP contribution in [0, 0.1) is 0 Å². The van der Waals surface area contributed by atoms with E-state index in [9.17, 15) is 18.0 Å². The van der Waals surface area contributed by atoms with E-state index in [0.717, 1.165) is 6.92 Å². The Morgan fingerprint density at radius 2 is 1.91 bits per heavy atom. The van der Waals surface area contributed by atoms with Crippen LogP contribution in [-0.2, 0) is 7.05 Å². The van der Waals surface area contributed by atoms with Crippen molar-refractivity contribution in [3.8, 4) is 0 Å². The number of H-pyrrole nitrogens is 1. The Morgan fingerprint density at radius 3 is 2.52 bits per heavy atom. The molecule has 1 N–H and O–H groups in total. The number of aromatic amines is 1. The maximum absolute atomic E-state index is 12.8. The van der Waals surface area contributed by atoms with Gasteiger partial charge in [0.15, 0.2) is 5.65 Å². The summed E-state index contributed by atoms with van der Waals surface area (Å²) in [5, 5.41) is 4.38. The smallest absolute Gasteiger partial charge is 0.340 e. The predicted molar refractivity (Wildman–Crippen MR) is 78.4 cm³/mol. The van der Waals surface area contributed by atoms with Crippen LogP contribution in [0.4, 0.5) is 19.1 Å². The molecular weight excluding hydrogens is 313 g/mol. The third kappa shape index (κ3) is 2.90. The van der Waals surface area contributed by atoms with Crippen LogP contribution >= 0.6 is 0 Å². The van der Waals surface area contributed by atoms with Crippen molar-refractivity contribution in [2.24, 2.45) is 7.05 Å². The number of hydrogen-bond acceptors (Lipinski definition) is 5. The van der Waals surface area contributed by atoms with Gasteiger partial charge in [-0.3, -0.25) is 19.4 Å². The van der Waals surface area contributed by atoms with Gasteiger partial charge in [0.25, 0.3) is 5.56 Å². The fourth-order valence-electron chi connectivity index (χ4n) is 2.70. The number of hydrogen-bond donors (Lipinski definition) is 1. The Labute approximate surface area is 129 Å². The van der Waals surface area contributed by atoms with E-state index in [1.807, 2.05) is 0 Å². The second kappa shape index (κ2) is 5.52. The quantitative estimate of drug-likeness (QED) is 0.879. The summed E-state index contributed by atoms with van der Waals surface area (Å²) in [6, 6.07) is -1.48. The maximum Gasteiger partial charge on any atom is 0.403 e. The molecule has 3 heterocycles. The first-order chi connectivity index (χ1) is 10.8. The van der Waals surface area contributed by atoms with E-state index in [0.29, 0.717) is 30.1 Å². The molecule has 7 nitrogen and oxygen atoms in total. The molecule has 0 amide bonds. The Balaban J connectivity index is 1.78. The second-order valence-electron chi connectivity index (χ2n) is 5.64. The number of alkyl halides is 3. The zero-order valence-electron chi connectivity index (χ0n) is 12.8. The maximum atomic E-state index is 12.8. The van der Waals surface area contributed by atoms with Crippen LogP contribution in [0.25, 0.3) is 11.0 Å². The van der Waals surface area contributed by atoms with Crippen LogP contribution in [0.2, 0.25) is 0 Å². The Bertz CT molecular complexity index is 759. The van der Waals surface area contributed by atoms with Crippen LogP contribution in [0.5, 0.6) is 0 Å². The summed E-state index contributed by atoms with van der Waals surface area (Å²) in [7, 11) is 1.68. The van der Waals surface area contributed by atoms with Crippen LogP contribution in [0.1, 0.15) is 6.92 Å². The number of aromatic nitrogens is 4. The molecular formula is C13H17F3N6O. The van der Waals surface area contributed by atoms with E-state index in [-0.39, 0.29) is 18.6 Å². The lowest BCUT2D eigenvalue weighted by Gasteiger charge is -2.38. The number of nitrogens with one attached hydrogen (secondary N) is 1. The van der Waals surface area contributed by atoms with Crippen LogP contribution < -0.4 is 10.5 Å². The van der Waals surface area contributed by atoms with E-state index >= 15 is 0 Å². The van der Waals surface area contributed by atoms with Gasteiger partial charge in [-0.15, -0.1) is 0 Å². The number of aryl methyl sites for hydroxylation is 1. The lowest BCUT2D eigenvalue weighted by Crippen LogP contribution is -2.54. The summed E-state index contributed by atoms with van der Waals surface area (Å²) in [6.07, 6.45) is -2.80. The molecule has 0 aromatic carbocycles. The number of piperazine rings is 1. The summed E-state index contributed by atoms with van der Waals surface area (Å²) >= 11 is 0. The van der Waals surface area contributed by atoms with Crippen molar-refractivity contribution in [2.45, 2.75) is 19.1 Å². The van der Waals surface area contributed by atoms with Gasteiger partial charge in [0.1, 0.15) is 11.4 Å². The largest absolute Gasteiger partial charge is 0.403 e. The number of rotatable bonds is 2. The van der Waals surface area contributed by atoms with Gasteiger partial charge in [0.05, 0.1) is 6.20 Å². The number of halogens is 3. The summed E-state index contributed by atoms with van der Waals surface area (Å²) in [5.74, 6) is 0.366. The van der Waals surface area contributed by atoms with Crippen molar-refractivity contribution in [2.75, 3.05) is 31.1 Å². The molecule has 0 spiro atoms. The molecule has 0 radical (unpaired) electrons. The van der Waals surface area contributed by atoms with E-state index in [2.05, 4.69) is 15.1 Å². The minimum Gasteiger partial charge on any atom is -0.340 e. The summed E-state index contributed by atoms with van der Waals surface area (Å²) in [5.41, 5.74) is 0.152. The molecule has 1 fully saturated rings. The van der Waals surface area contributed by atoms with Crippen LogP contribution in [0.3, 0.4) is 0 Å². The molecule has 1 atom stereocenters. The van der Waals surface area contributed by atoms with Crippen molar-refractivity contribution in [1.82, 2.24) is 24.6 Å². The van der Waals surface area contributed by atoms with Crippen molar-refractivity contribution in [3.63, 3.8) is 0 Å². The van der Waals surface area contributed by atoms with Crippen LogP contribution in [0.15, 0.2) is 11.0 Å². The van der Waals surface area contributed by atoms with Gasteiger partial charge < -0.3 is 4.90 Å². The van der Waals surface area contributed by atoms with Crippen LogP contribution in [-0.4, -0.2) is 63.0 Å². The van der Waals surface area contributed by atoms with E-state index in [1.165, 1.54) is 15.8 Å². The van der Waals surface area contributed by atoms with E-state index < -0.39 is 12.2 Å². The molecule has 126 valence electrons. The molecule has 1 saturated heterocycles. The average Bonchev–Trinajstić information content (AvgIpc) is 2.88. The highest BCUT2D eigenvalue weighted by atomic mass is 19.4. The van der Waals surface area contributed by atoms with Crippen molar-refractivity contribution < 1.29 is 13.2 Å². The first kappa shape index (κ1) is 15.8. The fourth-order valence-corrected chi connectivity index (χ4v) is 2.70. The van der Waals surface area contributed by atoms with Crippen molar-refractivity contribution in [1.29, 1.82) is 0 Å². The molecule has 2 aromatic heterocycles. The Kier molecular flexibility index (Phi) is 3.78. The Morgan fingerprint density at radius 1 is 1.26 bits per heavy atom. The molecule has 10 heteroatoms. The summed E-state index contributed by atoms with van der Waals surface area (Å²) in [6.45, 7) is 2.42. The lowest BCUT2D eigenvalue weighted by atomic mass is 10.2. The molecule has 0 saturated carbocycles. The van der Waals surface area contributed by atoms with E-state index in [4.69, 9.17) is 0 Å². The van der Waals surface area contributed by atoms with Gasteiger partial charge >= 0.3 is 6.18 Å². The molecule has 1 aliphatic heterocycles. The molecule has 2 aromatic rings. The molecule has 23 heavy (non-hydrogen) atoms. The molecule has 1 unspecified atom stereocenters. The molecule has 0 aliphatic carbocycles. The summed E-state index contributed by atoms with van der Waals surface area (Å²) < 4.78 is 39.8. The van der Waals surface area contributed by atoms with Crippen molar-refractivity contribution in [3.05, 3.63) is 16.6 Å². The number of fused-ring (bicyclic) bond motifs is 1. The van der Waals surface area contributed by atoms with E-state index in [1.54, 1.807) is 11.9 Å². The van der Waals surface area contributed by atoms with Gasteiger partial charge in [-0.1, -0.05) is 0 Å². The van der Waals surface area contributed by atoms with Gasteiger partial charge in [-0.25, -0.2) is 0 Å².